The zero-order valence-electron chi connectivity index (χ0n) is 31.2. The Labute approximate surface area is 458 Å². The molecule has 6 nitrogen and oxygen atoms in total. The second kappa shape index (κ2) is 52.4. The summed E-state index contributed by atoms with van der Waals surface area (Å²) in [6, 6.07) is 12.6. The number of nitrogens with two attached hydrogens (primary N) is 1. The van der Waals surface area contributed by atoms with Gasteiger partial charge in [0.2, 0.25) is 0 Å². The Morgan fingerprint density at radius 1 is 0.644 bits per heavy atom. The fourth-order valence-electron chi connectivity index (χ4n) is 3.30. The molecule has 2 aliphatic rings. The van der Waals surface area contributed by atoms with E-state index in [1.807, 2.05) is 113 Å². The minimum absolute atomic E-state index is 0. The normalized spacial score (nSPS) is 11.3. The molecule has 2 aromatic rings. The first-order valence-corrected chi connectivity index (χ1v) is 49.9. The summed E-state index contributed by atoms with van der Waals surface area (Å²) in [5, 5.41) is 3.38. The summed E-state index contributed by atoms with van der Waals surface area (Å²) in [4.78, 5) is 13.1. The SMILES string of the molecule is C=O.COc1ccc2c(c1)CN(C)CCS2.COc1ccc2c(c1)CNCCS2.C[B-]N.S=S=S=S=S=S=S=S=S=S=S=S=S=S=S=S=S=S=S=S=S=S=S=S=S=S.[Na+]. The molecule has 2 aliphatic heterocycles. The number of hydrogen-bond donors (Lipinski definition) is 2. The van der Waals surface area contributed by atoms with Crippen LogP contribution in [0.3, 0.4) is 0 Å². The Morgan fingerprint density at radius 2 is 0.983 bits per heavy atom. The number of carbonyl (C=O) groups is 1. The zero-order chi connectivity index (χ0) is 42.7. The molecule has 0 spiro atoms. The van der Waals surface area contributed by atoms with E-state index in [2.05, 4.69) is 41.5 Å². The molecule has 0 bridgehead atoms. The van der Waals surface area contributed by atoms with Crippen LogP contribution in [0.5, 0.6) is 11.5 Å². The molecule has 0 fully saturated rings. The Bertz CT molecular complexity index is 2560. The minimum Gasteiger partial charge on any atom is -0.568 e. The molecule has 0 saturated heterocycles. The maximum absolute atomic E-state index is 8.00. The van der Waals surface area contributed by atoms with Crippen LogP contribution in [0, 0.1) is 0 Å². The van der Waals surface area contributed by atoms with E-state index in [0.29, 0.717) is 0 Å². The summed E-state index contributed by atoms with van der Waals surface area (Å²) in [6.45, 7) is 8.00. The second-order valence-corrected chi connectivity index (χ2v) is 53.3. The van der Waals surface area contributed by atoms with Gasteiger partial charge in [0.15, 0.2) is 0 Å². The van der Waals surface area contributed by atoms with Crippen molar-refractivity contribution in [2.75, 3.05) is 45.9 Å². The van der Waals surface area contributed by atoms with E-state index < -0.39 is 0 Å². The van der Waals surface area contributed by atoms with Gasteiger partial charge in [-0.3, -0.25) is 7.41 Å². The van der Waals surface area contributed by atoms with Gasteiger partial charge in [0.05, 0.1) is 14.2 Å². The van der Waals surface area contributed by atoms with Crippen LogP contribution in [0.4, 0.5) is 0 Å². The van der Waals surface area contributed by atoms with Crippen molar-refractivity contribution >= 4 is 273 Å². The summed E-state index contributed by atoms with van der Waals surface area (Å²) >= 11 is 13.4. The van der Waals surface area contributed by atoms with Gasteiger partial charge in [-0.05, 0) is 54.6 Å². The van der Waals surface area contributed by atoms with Crippen molar-refractivity contribution in [1.29, 1.82) is 0 Å². The summed E-state index contributed by atoms with van der Waals surface area (Å²) in [5.41, 5.74) is 7.45. The molecular weight excluding hydrogens is 1300 g/mol. The van der Waals surface area contributed by atoms with Crippen LogP contribution in [-0.2, 0) is 253 Å². The molecule has 0 aromatic heterocycles. The molecule has 0 saturated carbocycles. The molecular formula is C23H35BN3NaO3S28. The summed E-state index contributed by atoms with van der Waals surface area (Å²) < 4.78 is 10.4. The molecule has 59 heavy (non-hydrogen) atoms. The fourth-order valence-corrected chi connectivity index (χ4v) is 65.7. The molecule has 0 aliphatic carbocycles. The van der Waals surface area contributed by atoms with Gasteiger partial charge in [0, 0.05) is 283 Å². The van der Waals surface area contributed by atoms with Gasteiger partial charge >= 0.3 is 29.6 Å². The van der Waals surface area contributed by atoms with Crippen molar-refractivity contribution in [2.24, 2.45) is 5.64 Å². The zero-order valence-corrected chi connectivity index (χ0v) is 56.0. The van der Waals surface area contributed by atoms with Crippen LogP contribution in [0.1, 0.15) is 11.1 Å². The average molecular weight is 1330 g/mol. The van der Waals surface area contributed by atoms with E-state index >= 15 is 0 Å². The number of ether oxygens (including phenoxy) is 2. The third kappa shape index (κ3) is 40.7. The number of nitrogens with zero attached hydrogens (tertiary/aromatic N) is 1. The van der Waals surface area contributed by atoms with Gasteiger partial charge < -0.3 is 30.1 Å². The summed E-state index contributed by atoms with van der Waals surface area (Å²) in [6.07, 6.45) is 0. The number of nitrogens with one attached hydrogen (secondary N) is 1. The van der Waals surface area contributed by atoms with Crippen molar-refractivity contribution < 1.29 is 43.8 Å². The van der Waals surface area contributed by atoms with Crippen LogP contribution >= 0.6 is 23.5 Å². The van der Waals surface area contributed by atoms with Crippen LogP contribution < -0.4 is 50.0 Å². The Morgan fingerprint density at radius 3 is 1.36 bits per heavy atom. The van der Waals surface area contributed by atoms with Gasteiger partial charge in [-0.1, -0.05) is 0 Å². The van der Waals surface area contributed by atoms with Crippen LogP contribution in [0.15, 0.2) is 46.2 Å². The van der Waals surface area contributed by atoms with Crippen molar-refractivity contribution in [1.82, 2.24) is 10.2 Å². The van der Waals surface area contributed by atoms with Crippen molar-refractivity contribution in [2.45, 2.75) is 29.7 Å². The largest absolute Gasteiger partial charge is 1.00 e. The second-order valence-electron chi connectivity index (χ2n) is 8.53. The first-order chi connectivity index (χ1) is 28.5. The monoisotopic (exact) mass is 1330 g/mol. The molecule has 36 heteroatoms. The maximum Gasteiger partial charge on any atom is 1.00 e. The van der Waals surface area contributed by atoms with Gasteiger partial charge in [0.25, 0.3) is 0 Å². The van der Waals surface area contributed by atoms with E-state index in [1.54, 1.807) is 145 Å². The van der Waals surface area contributed by atoms with E-state index in [9.17, 15) is 0 Å². The van der Waals surface area contributed by atoms with E-state index in [4.69, 9.17) is 42.3 Å². The van der Waals surface area contributed by atoms with Gasteiger partial charge in [-0.15, -0.1) is 23.5 Å². The van der Waals surface area contributed by atoms with Crippen molar-refractivity contribution in [3.8, 4) is 11.5 Å². The molecule has 2 heterocycles. The first kappa shape index (κ1) is 66.2. The van der Waals surface area contributed by atoms with Crippen molar-refractivity contribution in [3.63, 3.8) is 0 Å². The molecule has 332 valence electrons. The Kier molecular flexibility index (Phi) is 58.8. The minimum atomic E-state index is 0. The average Bonchev–Trinajstić information content (AvgIpc) is 3.60. The Balaban J connectivity index is 0. The number of fused-ring (bicyclic) bond motifs is 2. The van der Waals surface area contributed by atoms with Crippen LogP contribution in [-0.4, -0.2) is 65.0 Å². The molecule has 0 atom stereocenters. The number of hydrogen-bond acceptors (Lipinski definition) is 10. The number of carbonyl (C=O) groups excluding carboxylic acids is 1. The molecule has 0 amide bonds. The topological polar surface area (TPSA) is 76.8 Å². The predicted molar refractivity (Wildman–Crippen MR) is 330 cm³/mol. The fraction of sp³-hybridized carbons (Fsp3) is 0.435. The van der Waals surface area contributed by atoms with Gasteiger partial charge in [-0.2, -0.15) is 0 Å². The molecule has 4 rings (SSSR count). The quantitative estimate of drug-likeness (QED) is 0.416. The molecule has 2 aromatic carbocycles. The molecule has 0 unspecified atom stereocenters. The number of rotatable bonds is 2. The number of methoxy groups -OCH3 is 2. The maximum atomic E-state index is 8.00. The number of thioether (sulfide) groups is 2. The summed E-state index contributed by atoms with van der Waals surface area (Å²) in [7, 11) is 48.9. The standard InChI is InChI=1S/C11H15NOS.C10H13NOS.CH5BN.CH2O.Na.S26/c1-12-5-6-14-11-4-3-10(13-2)7-9(11)8-12;1-12-9-2-3-10-8(6-9)7-11-4-5-13-10;1-2-3;1-2;;1-3-5-7-9-11-13-15-17-19-21-23-25-26-24-22-20-18-16-14-12-10-8-6-4-2/h3-4,7H,5-6,8H2,1-2H3;2-3,6,11H,4-5,7H2,1H3;3H2,1H3;1H2;;/q;;-1;;+1;. The van der Waals surface area contributed by atoms with Gasteiger partial charge in [-0.25, -0.2) is 6.82 Å². The molecule has 2 radical (unpaired) electrons. The van der Waals surface area contributed by atoms with Crippen LogP contribution in [0.25, 0.3) is 0 Å². The smallest absolute Gasteiger partial charge is 0.568 e. The third-order valence-electron chi connectivity index (χ3n) is 5.20. The first-order valence-electron chi connectivity index (χ1n) is 14.5. The summed E-state index contributed by atoms with van der Waals surface area (Å²) in [5.74, 6) is 4.23. The molecule has 3 N–H and O–H groups in total. The van der Waals surface area contributed by atoms with E-state index in [-0.39, 0.29) is 29.6 Å². The predicted octanol–water partition coefficient (Wildman–Crippen LogP) is 0.492. The Hall–Kier alpha value is 5.07. The van der Waals surface area contributed by atoms with E-state index in [1.165, 1.54) is 51.8 Å². The van der Waals surface area contributed by atoms with Gasteiger partial charge in [0.1, 0.15) is 18.3 Å². The van der Waals surface area contributed by atoms with Crippen molar-refractivity contribution in [3.05, 3.63) is 47.5 Å². The number of benzene rings is 2. The third-order valence-corrected chi connectivity index (χ3v) is 58.5. The van der Waals surface area contributed by atoms with Crippen LogP contribution in [0.2, 0.25) is 6.82 Å². The van der Waals surface area contributed by atoms with E-state index in [0.717, 1.165) is 43.4 Å².